The Morgan fingerprint density at radius 1 is 1.30 bits per heavy atom. The molecule has 33 heavy (non-hydrogen) atoms. The van der Waals surface area contributed by atoms with Crippen molar-refractivity contribution < 1.29 is 18.5 Å². The molecule has 1 aromatic heterocycles. The van der Waals surface area contributed by atoms with Crippen LogP contribution in [0.25, 0.3) is 0 Å². The Labute approximate surface area is 207 Å². The van der Waals surface area contributed by atoms with Gasteiger partial charge in [-0.15, -0.1) is 0 Å². The highest BCUT2D eigenvalue weighted by Crippen LogP contribution is 2.24. The van der Waals surface area contributed by atoms with Gasteiger partial charge in [0.25, 0.3) is 0 Å². The van der Waals surface area contributed by atoms with Crippen LogP contribution in [-0.4, -0.2) is 45.1 Å². The van der Waals surface area contributed by atoms with Crippen LogP contribution in [0.5, 0.6) is 0 Å². The van der Waals surface area contributed by atoms with Gasteiger partial charge >= 0.3 is 5.97 Å². The molecule has 0 aliphatic carbocycles. The minimum Gasteiger partial charge on any atom is -0.458 e. The van der Waals surface area contributed by atoms with Crippen molar-refractivity contribution in [1.29, 1.82) is 5.26 Å². The van der Waals surface area contributed by atoms with Crippen LogP contribution in [0.2, 0.25) is 5.02 Å². The fraction of sp³-hybridized carbons (Fsp3) is 0.458. The van der Waals surface area contributed by atoms with E-state index in [0.717, 1.165) is 29.7 Å². The summed E-state index contributed by atoms with van der Waals surface area (Å²) in [6, 6.07) is 11.3. The number of nitriles is 1. The van der Waals surface area contributed by atoms with Gasteiger partial charge in [-0.25, -0.2) is 4.98 Å². The normalized spacial score (nSPS) is 12.7. The van der Waals surface area contributed by atoms with Crippen LogP contribution in [-0.2, 0) is 31.7 Å². The molecule has 0 aliphatic heterocycles. The molecule has 2 aromatic rings. The molecule has 0 saturated heterocycles. The highest BCUT2D eigenvalue weighted by molar-refractivity contribution is 7.99. The number of thioether (sulfide) groups is 1. The number of pyridine rings is 1. The summed E-state index contributed by atoms with van der Waals surface area (Å²) in [4.78, 5) is 16.9. The molecule has 0 fully saturated rings. The monoisotopic (exact) mass is 508 g/mol. The molecular formula is C24H29ClN2O4S2. The average Bonchev–Trinajstić information content (AvgIpc) is 2.77. The van der Waals surface area contributed by atoms with Gasteiger partial charge in [0.05, 0.1) is 30.3 Å². The van der Waals surface area contributed by atoms with E-state index in [2.05, 4.69) is 11.1 Å². The summed E-state index contributed by atoms with van der Waals surface area (Å²) in [6.07, 6.45) is 1.18. The lowest BCUT2D eigenvalue weighted by Crippen LogP contribution is -2.30. The Bertz CT molecular complexity index is 993. The summed E-state index contributed by atoms with van der Waals surface area (Å²) in [5, 5.41) is 10.6. The van der Waals surface area contributed by atoms with E-state index in [9.17, 15) is 14.3 Å². The quantitative estimate of drug-likeness (QED) is 0.278. The van der Waals surface area contributed by atoms with Crippen molar-refractivity contribution in [3.8, 4) is 6.07 Å². The molecule has 0 amide bonds. The molecule has 6 nitrogen and oxygen atoms in total. The first-order valence-corrected chi connectivity index (χ1v) is 13.5. The van der Waals surface area contributed by atoms with Crippen molar-refractivity contribution in [2.45, 2.75) is 51.3 Å². The van der Waals surface area contributed by atoms with Crippen LogP contribution in [0.4, 0.5) is 0 Å². The van der Waals surface area contributed by atoms with E-state index >= 15 is 0 Å². The first kappa shape index (κ1) is 27.3. The van der Waals surface area contributed by atoms with Gasteiger partial charge in [-0.2, -0.15) is 5.26 Å². The second-order valence-corrected chi connectivity index (χ2v) is 10.6. The van der Waals surface area contributed by atoms with E-state index in [1.807, 2.05) is 39.0 Å². The lowest BCUT2D eigenvalue weighted by molar-refractivity contribution is -0.147. The van der Waals surface area contributed by atoms with Crippen molar-refractivity contribution in [1.82, 2.24) is 4.98 Å². The first-order chi connectivity index (χ1) is 15.8. The third-order valence-electron chi connectivity index (χ3n) is 4.63. The highest BCUT2D eigenvalue weighted by Gasteiger charge is 2.19. The molecule has 0 spiro atoms. The van der Waals surface area contributed by atoms with Gasteiger partial charge in [-0.3, -0.25) is 9.00 Å². The number of carbonyl (C=O) groups is 1. The molecule has 2 atom stereocenters. The van der Waals surface area contributed by atoms with Crippen molar-refractivity contribution in [2.24, 2.45) is 0 Å². The van der Waals surface area contributed by atoms with Gasteiger partial charge in [-0.05, 0) is 49.6 Å². The predicted molar refractivity (Wildman–Crippen MR) is 133 cm³/mol. The van der Waals surface area contributed by atoms with E-state index in [1.54, 1.807) is 12.1 Å². The standard InChI is InChI=1S/C24H29ClN2O4S2/c1-4-5-10-33(29)16-21(14-30-13-19-6-8-20(25)9-7-19)31-23(28)15-32-24-22(12-26)17(2)11-18(3)27-24/h6-9,11,21H,4-5,10,13-16H2,1-3H3. The van der Waals surface area contributed by atoms with Gasteiger partial charge in [0.15, 0.2) is 0 Å². The molecule has 2 rings (SSSR count). The van der Waals surface area contributed by atoms with E-state index in [0.29, 0.717) is 28.0 Å². The van der Waals surface area contributed by atoms with Crippen LogP contribution in [0.3, 0.4) is 0 Å². The largest absolute Gasteiger partial charge is 0.458 e. The summed E-state index contributed by atoms with van der Waals surface area (Å²) in [7, 11) is -1.11. The topological polar surface area (TPSA) is 89.3 Å². The number of carbonyl (C=O) groups excluding carboxylic acids is 1. The summed E-state index contributed by atoms with van der Waals surface area (Å²) in [5.41, 5.74) is 3.00. The van der Waals surface area contributed by atoms with E-state index < -0.39 is 22.9 Å². The van der Waals surface area contributed by atoms with Crippen LogP contribution >= 0.6 is 23.4 Å². The molecule has 0 aliphatic rings. The SMILES string of the molecule is CCCCS(=O)CC(COCc1ccc(Cl)cc1)OC(=O)CSc1nc(C)cc(C)c1C#N. The number of unbranched alkanes of at least 4 members (excludes halogenated alkanes) is 1. The number of hydrogen-bond acceptors (Lipinski definition) is 7. The van der Waals surface area contributed by atoms with Gasteiger partial charge in [0, 0.05) is 27.3 Å². The van der Waals surface area contributed by atoms with E-state index in [-0.39, 0.29) is 18.1 Å². The fourth-order valence-electron chi connectivity index (χ4n) is 2.99. The van der Waals surface area contributed by atoms with Crippen molar-refractivity contribution >= 4 is 40.1 Å². The zero-order valence-electron chi connectivity index (χ0n) is 19.1. The molecule has 0 radical (unpaired) electrons. The molecule has 1 heterocycles. The maximum atomic E-state index is 12.5. The minimum atomic E-state index is -1.11. The zero-order valence-corrected chi connectivity index (χ0v) is 21.5. The number of ether oxygens (including phenoxy) is 2. The van der Waals surface area contributed by atoms with Gasteiger partial charge < -0.3 is 9.47 Å². The number of esters is 1. The van der Waals surface area contributed by atoms with Crippen LogP contribution in [0.1, 0.15) is 42.1 Å². The number of rotatable bonds is 13. The number of aromatic nitrogens is 1. The van der Waals surface area contributed by atoms with Crippen LogP contribution in [0, 0.1) is 25.2 Å². The zero-order chi connectivity index (χ0) is 24.2. The molecule has 0 N–H and O–H groups in total. The number of nitrogens with zero attached hydrogens (tertiary/aromatic N) is 2. The third-order valence-corrected chi connectivity index (χ3v) is 7.32. The highest BCUT2D eigenvalue weighted by atomic mass is 35.5. The second kappa shape index (κ2) is 14.4. The Kier molecular flexibility index (Phi) is 11.9. The Morgan fingerprint density at radius 3 is 2.70 bits per heavy atom. The van der Waals surface area contributed by atoms with Crippen LogP contribution < -0.4 is 0 Å². The summed E-state index contributed by atoms with van der Waals surface area (Å²) in [6.45, 7) is 6.20. The number of aryl methyl sites for hydroxylation is 2. The summed E-state index contributed by atoms with van der Waals surface area (Å²) < 4.78 is 23.7. The van der Waals surface area contributed by atoms with Crippen molar-refractivity contribution in [3.05, 3.63) is 57.7 Å². The molecule has 178 valence electrons. The van der Waals surface area contributed by atoms with Crippen molar-refractivity contribution in [2.75, 3.05) is 23.9 Å². The van der Waals surface area contributed by atoms with Crippen LogP contribution in [0.15, 0.2) is 35.4 Å². The van der Waals surface area contributed by atoms with E-state index in [4.69, 9.17) is 21.1 Å². The van der Waals surface area contributed by atoms with Gasteiger partial charge in [0.1, 0.15) is 17.2 Å². The van der Waals surface area contributed by atoms with Crippen molar-refractivity contribution in [3.63, 3.8) is 0 Å². The smallest absolute Gasteiger partial charge is 0.316 e. The average molecular weight is 509 g/mol. The fourth-order valence-corrected chi connectivity index (χ4v) is 5.36. The van der Waals surface area contributed by atoms with Gasteiger partial charge in [0.2, 0.25) is 0 Å². The molecule has 2 unspecified atom stereocenters. The third kappa shape index (κ3) is 9.85. The molecule has 1 aromatic carbocycles. The Morgan fingerprint density at radius 2 is 2.03 bits per heavy atom. The Balaban J connectivity index is 1.96. The molecular weight excluding hydrogens is 480 g/mol. The number of halogens is 1. The summed E-state index contributed by atoms with van der Waals surface area (Å²) in [5.74, 6) is 0.328. The first-order valence-electron chi connectivity index (χ1n) is 10.7. The van der Waals surface area contributed by atoms with E-state index in [1.165, 1.54) is 11.8 Å². The second-order valence-electron chi connectivity index (χ2n) is 7.58. The lowest BCUT2D eigenvalue weighted by atomic mass is 10.1. The number of hydrogen-bond donors (Lipinski definition) is 0. The lowest BCUT2D eigenvalue weighted by Gasteiger charge is -2.18. The summed E-state index contributed by atoms with van der Waals surface area (Å²) >= 11 is 7.07. The maximum absolute atomic E-state index is 12.5. The molecule has 0 saturated carbocycles. The number of benzene rings is 1. The molecule has 9 heteroatoms. The molecule has 0 bridgehead atoms. The van der Waals surface area contributed by atoms with Gasteiger partial charge in [-0.1, -0.05) is 48.8 Å². The minimum absolute atomic E-state index is 0.000146. The maximum Gasteiger partial charge on any atom is 0.316 e. The predicted octanol–water partition coefficient (Wildman–Crippen LogP) is 4.99. The Hall–Kier alpha value is -1.92.